The zero-order valence-electron chi connectivity index (χ0n) is 21.5. The minimum absolute atomic E-state index is 0.0988. The average molecular weight is 534 g/mol. The maximum absolute atomic E-state index is 14.0. The largest absolute Gasteiger partial charge is 0.490 e. The third-order valence-corrected chi connectivity index (χ3v) is 8.62. The number of quaternary nitrogens is 1. The fourth-order valence-corrected chi connectivity index (χ4v) is 6.41. The maximum atomic E-state index is 14.0. The van der Waals surface area contributed by atoms with E-state index in [2.05, 4.69) is 35.6 Å². The molecule has 3 aromatic rings. The second-order valence-corrected chi connectivity index (χ2v) is 11.0. The Morgan fingerprint density at radius 3 is 2.37 bits per heavy atom. The molecule has 0 unspecified atom stereocenters. The van der Waals surface area contributed by atoms with Gasteiger partial charge in [-0.3, -0.25) is 4.48 Å². The zero-order valence-corrected chi connectivity index (χ0v) is 22.3. The lowest BCUT2D eigenvalue weighted by molar-refractivity contribution is -0.881. The van der Waals surface area contributed by atoms with Gasteiger partial charge in [0.2, 0.25) is 6.79 Å². The van der Waals surface area contributed by atoms with Gasteiger partial charge in [0.1, 0.15) is 11.9 Å². The third kappa shape index (κ3) is 5.13. The minimum atomic E-state index is 0.0988. The van der Waals surface area contributed by atoms with Crippen molar-refractivity contribution in [2.24, 2.45) is 0 Å². The summed E-state index contributed by atoms with van der Waals surface area (Å²) >= 11 is 6.48. The Labute approximate surface area is 229 Å². The number of hydrogen-bond donors (Lipinski definition) is 1. The molecular formula is C31H34ClN2O4+. The first-order valence-corrected chi connectivity index (χ1v) is 14.0. The number of hydrogen-bond acceptors (Lipinski definition) is 5. The fourth-order valence-electron chi connectivity index (χ4n) is 6.20. The molecule has 6 rings (SSSR count). The molecule has 6 nitrogen and oxygen atoms in total. The third-order valence-electron chi connectivity index (χ3n) is 8.29. The SMILES string of the molecule is O=C(c1ccccc1Cl)[N+]1(C2CCNCC2)CCC(Oc2ccc(Cc3ccc4c(c3)OCO4)cc2)CC1. The number of ether oxygens (including phenoxy) is 3. The van der Waals surface area contributed by atoms with Crippen LogP contribution in [-0.2, 0) is 6.42 Å². The van der Waals surface area contributed by atoms with Crippen LogP contribution < -0.4 is 19.5 Å². The monoisotopic (exact) mass is 533 g/mol. The van der Waals surface area contributed by atoms with E-state index in [-0.39, 0.29) is 18.8 Å². The number of piperidine rings is 2. The van der Waals surface area contributed by atoms with Crippen LogP contribution in [0.25, 0.3) is 0 Å². The lowest BCUT2D eigenvalue weighted by atomic mass is 9.93. The second kappa shape index (κ2) is 11.0. The van der Waals surface area contributed by atoms with Gasteiger partial charge >= 0.3 is 5.91 Å². The van der Waals surface area contributed by atoms with Crippen LogP contribution in [0.1, 0.15) is 47.2 Å². The number of amides is 1. The Kier molecular flexibility index (Phi) is 7.28. The number of likely N-dealkylation sites (tertiary alicyclic amines) is 1. The average Bonchev–Trinajstić information content (AvgIpc) is 3.43. The van der Waals surface area contributed by atoms with Crippen molar-refractivity contribution in [2.75, 3.05) is 33.0 Å². The van der Waals surface area contributed by atoms with Crippen LogP contribution in [-0.4, -0.2) is 55.5 Å². The lowest BCUT2D eigenvalue weighted by Gasteiger charge is -2.47. The van der Waals surface area contributed by atoms with Gasteiger partial charge in [-0.2, -0.15) is 0 Å². The van der Waals surface area contributed by atoms with Crippen LogP contribution >= 0.6 is 11.6 Å². The van der Waals surface area contributed by atoms with Crippen LogP contribution in [0.15, 0.2) is 66.7 Å². The van der Waals surface area contributed by atoms with E-state index >= 15 is 0 Å². The Bertz CT molecular complexity index is 1280. The van der Waals surface area contributed by atoms with E-state index in [4.69, 9.17) is 25.8 Å². The molecule has 38 heavy (non-hydrogen) atoms. The first kappa shape index (κ1) is 25.2. The molecular weight excluding hydrogens is 500 g/mol. The van der Waals surface area contributed by atoms with Crippen LogP contribution in [0.3, 0.4) is 0 Å². The smallest absolute Gasteiger partial charge is 0.347 e. The maximum Gasteiger partial charge on any atom is 0.347 e. The molecule has 0 atom stereocenters. The van der Waals surface area contributed by atoms with E-state index in [1.54, 1.807) is 0 Å². The van der Waals surface area contributed by atoms with E-state index in [0.29, 0.717) is 21.1 Å². The molecule has 0 spiro atoms. The van der Waals surface area contributed by atoms with Crippen LogP contribution in [0, 0.1) is 0 Å². The molecule has 3 heterocycles. The highest BCUT2D eigenvalue weighted by molar-refractivity contribution is 6.33. The summed E-state index contributed by atoms with van der Waals surface area (Å²) in [7, 11) is 0. The van der Waals surface area contributed by atoms with Crippen molar-refractivity contribution >= 4 is 17.5 Å². The fraction of sp³-hybridized carbons (Fsp3) is 0.387. The van der Waals surface area contributed by atoms with Crippen LogP contribution in [0.5, 0.6) is 17.2 Å². The molecule has 0 aromatic heterocycles. The first-order valence-electron chi connectivity index (χ1n) is 13.6. The van der Waals surface area contributed by atoms with Gasteiger partial charge in [0.15, 0.2) is 11.5 Å². The number of nitrogens with one attached hydrogen (secondary N) is 1. The Morgan fingerprint density at radius 2 is 1.61 bits per heavy atom. The van der Waals surface area contributed by atoms with Gasteiger partial charge in [-0.25, -0.2) is 4.79 Å². The number of carbonyl (C=O) groups is 1. The van der Waals surface area contributed by atoms with Crippen molar-refractivity contribution < 1.29 is 23.5 Å². The number of benzene rings is 3. The molecule has 0 radical (unpaired) electrons. The molecule has 2 saturated heterocycles. The van der Waals surface area contributed by atoms with E-state index in [1.165, 1.54) is 11.1 Å². The van der Waals surface area contributed by atoms with Gasteiger partial charge in [-0.05, 0) is 53.9 Å². The molecule has 3 aliphatic rings. The number of nitrogens with zero attached hydrogens (tertiary/aromatic N) is 1. The van der Waals surface area contributed by atoms with E-state index in [1.807, 2.05) is 36.4 Å². The molecule has 0 aliphatic carbocycles. The van der Waals surface area contributed by atoms with Gasteiger partial charge < -0.3 is 19.5 Å². The highest BCUT2D eigenvalue weighted by Crippen LogP contribution is 2.35. The number of carbonyl (C=O) groups excluding carboxylic acids is 1. The van der Waals surface area contributed by atoms with E-state index in [0.717, 1.165) is 75.5 Å². The predicted molar refractivity (Wildman–Crippen MR) is 147 cm³/mol. The van der Waals surface area contributed by atoms with Crippen molar-refractivity contribution in [3.8, 4) is 17.2 Å². The van der Waals surface area contributed by atoms with Crippen molar-refractivity contribution in [1.82, 2.24) is 5.32 Å². The van der Waals surface area contributed by atoms with Crippen molar-refractivity contribution in [3.63, 3.8) is 0 Å². The molecule has 3 aromatic carbocycles. The minimum Gasteiger partial charge on any atom is -0.490 e. The Morgan fingerprint density at radius 1 is 0.895 bits per heavy atom. The summed E-state index contributed by atoms with van der Waals surface area (Å²) in [6.07, 6.45) is 4.62. The predicted octanol–water partition coefficient (Wildman–Crippen LogP) is 5.61. The van der Waals surface area contributed by atoms with Crippen molar-refractivity contribution in [2.45, 2.75) is 44.2 Å². The van der Waals surface area contributed by atoms with E-state index < -0.39 is 0 Å². The van der Waals surface area contributed by atoms with Crippen molar-refractivity contribution in [1.29, 1.82) is 0 Å². The van der Waals surface area contributed by atoms with Crippen LogP contribution in [0.4, 0.5) is 0 Å². The molecule has 3 aliphatic heterocycles. The Hall–Kier alpha value is -3.06. The quantitative estimate of drug-likeness (QED) is 0.417. The Balaban J connectivity index is 1.11. The molecule has 198 valence electrons. The molecule has 1 N–H and O–H groups in total. The van der Waals surface area contributed by atoms with Gasteiger partial charge in [0, 0.05) is 38.8 Å². The van der Waals surface area contributed by atoms with Crippen LogP contribution in [0.2, 0.25) is 5.02 Å². The van der Waals surface area contributed by atoms with E-state index in [9.17, 15) is 4.79 Å². The molecule has 7 heteroatoms. The zero-order chi connectivity index (χ0) is 26.0. The standard InChI is InChI=1S/C31H34ClN2O4/c32-28-4-2-1-3-27(28)31(35)34(24-11-15-33-16-12-24)17-13-26(14-18-34)38-25-8-5-22(6-9-25)19-23-7-10-29-30(20-23)37-21-36-29/h1-10,20,24,26,33H,11-19,21H2/q+1. The molecule has 0 saturated carbocycles. The summed E-state index contributed by atoms with van der Waals surface area (Å²) < 4.78 is 17.8. The molecule has 1 amide bonds. The molecule has 2 fully saturated rings. The normalized spacial score (nSPS) is 23.2. The summed E-state index contributed by atoms with van der Waals surface area (Å²) in [6, 6.07) is 22.3. The van der Waals surface area contributed by atoms with Gasteiger partial charge in [0.05, 0.1) is 29.7 Å². The second-order valence-electron chi connectivity index (χ2n) is 10.6. The highest BCUT2D eigenvalue weighted by Gasteiger charge is 2.48. The number of fused-ring (bicyclic) bond motifs is 1. The highest BCUT2D eigenvalue weighted by atomic mass is 35.5. The summed E-state index contributed by atoms with van der Waals surface area (Å²) in [5, 5.41) is 3.99. The summed E-state index contributed by atoms with van der Waals surface area (Å²) in [6.45, 7) is 3.76. The van der Waals surface area contributed by atoms with Crippen molar-refractivity contribution in [3.05, 3.63) is 88.4 Å². The van der Waals surface area contributed by atoms with Gasteiger partial charge in [-0.15, -0.1) is 0 Å². The summed E-state index contributed by atoms with van der Waals surface area (Å²) in [4.78, 5) is 14.0. The van der Waals surface area contributed by atoms with Gasteiger partial charge in [-0.1, -0.05) is 41.9 Å². The number of halogens is 1. The molecule has 0 bridgehead atoms. The number of rotatable bonds is 6. The lowest BCUT2D eigenvalue weighted by Crippen LogP contribution is -2.65. The summed E-state index contributed by atoms with van der Waals surface area (Å²) in [5.41, 5.74) is 3.04. The summed E-state index contributed by atoms with van der Waals surface area (Å²) in [5.74, 6) is 2.66. The van der Waals surface area contributed by atoms with Gasteiger partial charge in [0.25, 0.3) is 0 Å². The first-order chi connectivity index (χ1) is 18.6. The topological polar surface area (TPSA) is 56.8 Å².